The van der Waals surface area contributed by atoms with Crippen LogP contribution in [-0.2, 0) is 0 Å². The summed E-state index contributed by atoms with van der Waals surface area (Å²) in [7, 11) is 1.69. The first kappa shape index (κ1) is 10.6. The Bertz CT molecular complexity index is 356. The van der Waals surface area contributed by atoms with Gasteiger partial charge in [0.15, 0.2) is 0 Å². The van der Waals surface area contributed by atoms with Gasteiger partial charge >= 0.3 is 0 Å². The predicted molar refractivity (Wildman–Crippen MR) is 60.9 cm³/mol. The van der Waals surface area contributed by atoms with Crippen molar-refractivity contribution in [3.05, 3.63) is 35.5 Å². The highest BCUT2D eigenvalue weighted by atomic mass is 16.5. The summed E-state index contributed by atoms with van der Waals surface area (Å²) in [6, 6.07) is 4.07. The second-order valence-electron chi connectivity index (χ2n) is 3.53. The first-order chi connectivity index (χ1) is 6.54. The molecular weight excluding hydrogens is 174 g/mol. The van der Waals surface area contributed by atoms with E-state index in [9.17, 15) is 0 Å². The summed E-state index contributed by atoms with van der Waals surface area (Å²) in [6.45, 7) is 9.86. The Balaban J connectivity index is 3.09. The SMILES string of the molecule is C=C(C)Nc1cc(C)c(C)c(OC)c1. The number of methoxy groups -OCH3 is 1. The Morgan fingerprint density at radius 2 is 2.00 bits per heavy atom. The molecule has 0 saturated carbocycles. The molecular formula is C12H17NO. The van der Waals surface area contributed by atoms with E-state index in [1.807, 2.05) is 13.0 Å². The molecule has 1 N–H and O–H groups in total. The van der Waals surface area contributed by atoms with Crippen LogP contribution < -0.4 is 10.1 Å². The second kappa shape index (κ2) is 4.18. The van der Waals surface area contributed by atoms with E-state index in [1.165, 1.54) is 11.1 Å². The van der Waals surface area contributed by atoms with E-state index in [4.69, 9.17) is 4.74 Å². The van der Waals surface area contributed by atoms with Gasteiger partial charge in [0.2, 0.25) is 0 Å². The standard InChI is InChI=1S/C12H17NO/c1-8(2)13-11-6-9(3)10(4)12(7-11)14-5/h6-7,13H,1H2,2-5H3. The molecule has 1 aromatic carbocycles. The Morgan fingerprint density at radius 3 is 2.50 bits per heavy atom. The molecule has 1 rings (SSSR count). The lowest BCUT2D eigenvalue weighted by Gasteiger charge is -2.12. The zero-order valence-corrected chi connectivity index (χ0v) is 9.27. The molecule has 14 heavy (non-hydrogen) atoms. The smallest absolute Gasteiger partial charge is 0.124 e. The minimum absolute atomic E-state index is 0.911. The molecule has 76 valence electrons. The van der Waals surface area contributed by atoms with E-state index in [0.717, 1.165) is 17.1 Å². The second-order valence-corrected chi connectivity index (χ2v) is 3.53. The maximum absolute atomic E-state index is 5.28. The zero-order chi connectivity index (χ0) is 10.7. The van der Waals surface area contributed by atoms with Gasteiger partial charge in [-0.3, -0.25) is 0 Å². The molecule has 0 aromatic heterocycles. The van der Waals surface area contributed by atoms with Crippen molar-refractivity contribution in [1.82, 2.24) is 0 Å². The molecule has 0 aliphatic heterocycles. The fourth-order valence-corrected chi connectivity index (χ4v) is 1.36. The van der Waals surface area contributed by atoms with Crippen molar-refractivity contribution in [3.8, 4) is 5.75 Å². The van der Waals surface area contributed by atoms with Gasteiger partial charge in [0, 0.05) is 17.5 Å². The van der Waals surface area contributed by atoms with E-state index in [-0.39, 0.29) is 0 Å². The van der Waals surface area contributed by atoms with Crippen LogP contribution in [0.15, 0.2) is 24.4 Å². The van der Waals surface area contributed by atoms with Gasteiger partial charge in [-0.2, -0.15) is 0 Å². The van der Waals surface area contributed by atoms with E-state index >= 15 is 0 Å². The number of anilines is 1. The Labute approximate surface area is 85.6 Å². The van der Waals surface area contributed by atoms with Crippen molar-refractivity contribution in [3.63, 3.8) is 0 Å². The Hall–Kier alpha value is -1.44. The quantitative estimate of drug-likeness (QED) is 0.791. The lowest BCUT2D eigenvalue weighted by molar-refractivity contribution is 0.411. The number of benzene rings is 1. The molecule has 0 atom stereocenters. The highest BCUT2D eigenvalue weighted by molar-refractivity contribution is 5.57. The zero-order valence-electron chi connectivity index (χ0n) is 9.27. The monoisotopic (exact) mass is 191 g/mol. The van der Waals surface area contributed by atoms with Crippen molar-refractivity contribution in [2.45, 2.75) is 20.8 Å². The van der Waals surface area contributed by atoms with Crippen molar-refractivity contribution in [2.24, 2.45) is 0 Å². The summed E-state index contributed by atoms with van der Waals surface area (Å²) in [4.78, 5) is 0. The highest BCUT2D eigenvalue weighted by Gasteiger charge is 2.03. The van der Waals surface area contributed by atoms with E-state index < -0.39 is 0 Å². The normalized spacial score (nSPS) is 9.71. The summed E-state index contributed by atoms with van der Waals surface area (Å²) in [5.74, 6) is 0.911. The first-order valence-electron chi connectivity index (χ1n) is 4.62. The minimum atomic E-state index is 0.911. The molecule has 0 radical (unpaired) electrons. The molecule has 1 aromatic rings. The van der Waals surface area contributed by atoms with Gasteiger partial charge in [-0.05, 0) is 38.0 Å². The fraction of sp³-hybridized carbons (Fsp3) is 0.333. The van der Waals surface area contributed by atoms with Gasteiger partial charge < -0.3 is 10.1 Å². The number of aryl methyl sites for hydroxylation is 1. The maximum atomic E-state index is 5.28. The molecule has 2 nitrogen and oxygen atoms in total. The van der Waals surface area contributed by atoms with Crippen molar-refractivity contribution in [1.29, 1.82) is 0 Å². The van der Waals surface area contributed by atoms with Crippen LogP contribution in [0.1, 0.15) is 18.1 Å². The number of allylic oxidation sites excluding steroid dienone is 1. The van der Waals surface area contributed by atoms with Crippen LogP contribution in [0, 0.1) is 13.8 Å². The summed E-state index contributed by atoms with van der Waals surface area (Å²) in [5, 5.41) is 3.17. The molecule has 0 spiro atoms. The summed E-state index contributed by atoms with van der Waals surface area (Å²) >= 11 is 0. The maximum Gasteiger partial charge on any atom is 0.124 e. The predicted octanol–water partition coefficient (Wildman–Crippen LogP) is 3.26. The van der Waals surface area contributed by atoms with Crippen LogP contribution >= 0.6 is 0 Å². The average molecular weight is 191 g/mol. The van der Waals surface area contributed by atoms with Crippen LogP contribution in [0.5, 0.6) is 5.75 Å². The van der Waals surface area contributed by atoms with Gasteiger partial charge in [-0.1, -0.05) is 6.58 Å². The van der Waals surface area contributed by atoms with E-state index in [1.54, 1.807) is 7.11 Å². The number of hydrogen-bond donors (Lipinski definition) is 1. The summed E-state index contributed by atoms with van der Waals surface area (Å²) in [6.07, 6.45) is 0. The molecule has 2 heteroatoms. The molecule has 0 fully saturated rings. The van der Waals surface area contributed by atoms with Crippen LogP contribution in [-0.4, -0.2) is 7.11 Å². The fourth-order valence-electron chi connectivity index (χ4n) is 1.36. The highest BCUT2D eigenvalue weighted by Crippen LogP contribution is 2.26. The van der Waals surface area contributed by atoms with Gasteiger partial charge in [0.25, 0.3) is 0 Å². The van der Waals surface area contributed by atoms with Crippen LogP contribution in [0.3, 0.4) is 0 Å². The molecule has 0 saturated heterocycles. The molecule has 0 amide bonds. The van der Waals surface area contributed by atoms with Gasteiger partial charge in [0.05, 0.1) is 7.11 Å². The Morgan fingerprint density at radius 1 is 1.36 bits per heavy atom. The van der Waals surface area contributed by atoms with Gasteiger partial charge in [0.1, 0.15) is 5.75 Å². The molecule has 0 bridgehead atoms. The molecule has 0 unspecified atom stereocenters. The van der Waals surface area contributed by atoms with Crippen LogP contribution in [0.25, 0.3) is 0 Å². The first-order valence-corrected chi connectivity index (χ1v) is 4.62. The lowest BCUT2D eigenvalue weighted by atomic mass is 10.1. The number of ether oxygens (including phenoxy) is 1. The van der Waals surface area contributed by atoms with Crippen molar-refractivity contribution < 1.29 is 4.74 Å². The third-order valence-corrected chi connectivity index (χ3v) is 2.20. The summed E-state index contributed by atoms with van der Waals surface area (Å²) in [5.41, 5.74) is 4.35. The Kier molecular flexibility index (Phi) is 3.18. The summed E-state index contributed by atoms with van der Waals surface area (Å²) < 4.78 is 5.28. The van der Waals surface area contributed by atoms with E-state index in [0.29, 0.717) is 0 Å². The van der Waals surface area contributed by atoms with Crippen LogP contribution in [0.4, 0.5) is 5.69 Å². The van der Waals surface area contributed by atoms with Gasteiger partial charge in [-0.15, -0.1) is 0 Å². The van der Waals surface area contributed by atoms with E-state index in [2.05, 4.69) is 31.8 Å². The minimum Gasteiger partial charge on any atom is -0.496 e. The largest absolute Gasteiger partial charge is 0.496 e. The van der Waals surface area contributed by atoms with Crippen molar-refractivity contribution in [2.75, 3.05) is 12.4 Å². The number of rotatable bonds is 3. The molecule has 0 aliphatic rings. The topological polar surface area (TPSA) is 21.3 Å². The number of hydrogen-bond acceptors (Lipinski definition) is 2. The van der Waals surface area contributed by atoms with Crippen molar-refractivity contribution >= 4 is 5.69 Å². The molecule has 0 heterocycles. The van der Waals surface area contributed by atoms with Crippen LogP contribution in [0.2, 0.25) is 0 Å². The third kappa shape index (κ3) is 2.28. The average Bonchev–Trinajstić information content (AvgIpc) is 2.10. The number of nitrogens with one attached hydrogen (secondary N) is 1. The third-order valence-electron chi connectivity index (χ3n) is 2.20. The van der Waals surface area contributed by atoms with Gasteiger partial charge in [-0.25, -0.2) is 0 Å². The lowest BCUT2D eigenvalue weighted by Crippen LogP contribution is -1.97. The molecule has 0 aliphatic carbocycles.